The van der Waals surface area contributed by atoms with Crippen molar-refractivity contribution in [2.75, 3.05) is 18.6 Å². The molecule has 0 saturated heterocycles. The van der Waals surface area contributed by atoms with Crippen LogP contribution in [0, 0.1) is 5.92 Å². The second-order valence-electron chi connectivity index (χ2n) is 4.95. The van der Waals surface area contributed by atoms with Crippen LogP contribution in [0.15, 0.2) is 28.6 Å². The van der Waals surface area contributed by atoms with Crippen LogP contribution < -0.4 is 10.5 Å². The number of anilines is 1. The fourth-order valence-corrected chi connectivity index (χ4v) is 3.97. The van der Waals surface area contributed by atoms with Crippen molar-refractivity contribution in [3.05, 3.63) is 24.3 Å². The number of rotatable bonds is 6. The molecule has 20 heavy (non-hydrogen) atoms. The van der Waals surface area contributed by atoms with E-state index in [2.05, 4.69) is 18.8 Å². The molecule has 0 saturated carbocycles. The van der Waals surface area contributed by atoms with Crippen molar-refractivity contribution in [1.29, 1.82) is 0 Å². The molecule has 0 unspecified atom stereocenters. The summed E-state index contributed by atoms with van der Waals surface area (Å²) >= 11 is 3.36. The normalized spacial score (nSPS) is 11.0. The van der Waals surface area contributed by atoms with E-state index in [0.29, 0.717) is 0 Å². The van der Waals surface area contributed by atoms with Gasteiger partial charge in [-0.3, -0.25) is 0 Å². The van der Waals surface area contributed by atoms with Crippen LogP contribution in [0.1, 0.15) is 20.3 Å². The van der Waals surface area contributed by atoms with Crippen LogP contribution in [0.25, 0.3) is 11.3 Å². The molecule has 3 nitrogen and oxygen atoms in total. The summed E-state index contributed by atoms with van der Waals surface area (Å²) in [5.41, 5.74) is 8.00. The van der Waals surface area contributed by atoms with Crippen molar-refractivity contribution < 1.29 is 4.74 Å². The molecular formula is C15H20N2OS2. The van der Waals surface area contributed by atoms with Crippen molar-refractivity contribution in [3.63, 3.8) is 0 Å². The molecule has 2 aromatic rings. The number of ether oxygens (including phenoxy) is 1. The fraction of sp³-hybridized carbons (Fsp3) is 0.400. The number of nitrogens with zero attached hydrogens (tertiary/aromatic N) is 1. The SMILES string of the molecule is COc1ccc(-c2nc(SCCC(C)C)sc2N)cc1. The predicted octanol–water partition coefficient (Wildman–Crippen LogP) is 4.54. The third-order valence-corrected chi connectivity index (χ3v) is 4.98. The van der Waals surface area contributed by atoms with E-state index < -0.39 is 0 Å². The fourth-order valence-electron chi connectivity index (χ4n) is 1.71. The van der Waals surface area contributed by atoms with E-state index in [1.807, 2.05) is 24.3 Å². The molecular weight excluding hydrogens is 288 g/mol. The summed E-state index contributed by atoms with van der Waals surface area (Å²) in [4.78, 5) is 4.65. The van der Waals surface area contributed by atoms with Crippen LogP contribution in [-0.2, 0) is 0 Å². The lowest BCUT2D eigenvalue weighted by atomic mass is 10.1. The van der Waals surface area contributed by atoms with Gasteiger partial charge in [0.25, 0.3) is 0 Å². The molecule has 0 aliphatic rings. The lowest BCUT2D eigenvalue weighted by Gasteiger charge is -2.02. The first-order valence-electron chi connectivity index (χ1n) is 6.63. The molecule has 2 rings (SSSR count). The highest BCUT2D eigenvalue weighted by atomic mass is 32.2. The van der Waals surface area contributed by atoms with Crippen LogP contribution in [0.3, 0.4) is 0 Å². The average molecular weight is 308 g/mol. The Hall–Kier alpha value is -1.20. The summed E-state index contributed by atoms with van der Waals surface area (Å²) in [5, 5.41) is 0.780. The molecule has 2 N–H and O–H groups in total. The molecule has 1 heterocycles. The quantitative estimate of drug-likeness (QED) is 0.796. The number of hydrogen-bond acceptors (Lipinski definition) is 5. The molecule has 0 spiro atoms. The van der Waals surface area contributed by atoms with Gasteiger partial charge in [-0.05, 0) is 36.6 Å². The number of thiazole rings is 1. The first kappa shape index (κ1) is 15.2. The summed E-state index contributed by atoms with van der Waals surface area (Å²) in [6.45, 7) is 4.47. The predicted molar refractivity (Wildman–Crippen MR) is 88.7 cm³/mol. The lowest BCUT2D eigenvalue weighted by molar-refractivity contribution is 0.415. The Bertz CT molecular complexity index is 550. The molecule has 0 fully saturated rings. The second kappa shape index (κ2) is 6.99. The molecule has 0 aliphatic carbocycles. The highest BCUT2D eigenvalue weighted by Gasteiger charge is 2.11. The number of thioether (sulfide) groups is 1. The van der Waals surface area contributed by atoms with Crippen molar-refractivity contribution in [3.8, 4) is 17.0 Å². The van der Waals surface area contributed by atoms with Crippen LogP contribution in [0.4, 0.5) is 5.00 Å². The maximum absolute atomic E-state index is 6.09. The number of methoxy groups -OCH3 is 1. The molecule has 1 aromatic carbocycles. The largest absolute Gasteiger partial charge is 0.497 e. The Kier molecular flexibility index (Phi) is 5.31. The van der Waals surface area contributed by atoms with Gasteiger partial charge in [0, 0.05) is 11.3 Å². The molecule has 0 bridgehead atoms. The molecule has 5 heteroatoms. The highest BCUT2D eigenvalue weighted by Crippen LogP contribution is 2.36. The molecule has 0 radical (unpaired) electrons. The van der Waals surface area contributed by atoms with Gasteiger partial charge in [0.05, 0.1) is 7.11 Å². The Morgan fingerprint density at radius 3 is 2.60 bits per heavy atom. The summed E-state index contributed by atoms with van der Waals surface area (Å²) in [6.07, 6.45) is 1.20. The molecule has 1 aromatic heterocycles. The van der Waals surface area contributed by atoms with E-state index in [-0.39, 0.29) is 0 Å². The minimum Gasteiger partial charge on any atom is -0.497 e. The third kappa shape index (κ3) is 3.90. The first-order valence-corrected chi connectivity index (χ1v) is 8.44. The van der Waals surface area contributed by atoms with Gasteiger partial charge < -0.3 is 10.5 Å². The van der Waals surface area contributed by atoms with Crippen molar-refractivity contribution >= 4 is 28.1 Å². The van der Waals surface area contributed by atoms with E-state index >= 15 is 0 Å². The van der Waals surface area contributed by atoms with E-state index in [1.54, 1.807) is 30.2 Å². The van der Waals surface area contributed by atoms with Crippen molar-refractivity contribution in [1.82, 2.24) is 4.98 Å². The van der Waals surface area contributed by atoms with Crippen molar-refractivity contribution in [2.24, 2.45) is 5.92 Å². The number of benzene rings is 1. The van der Waals surface area contributed by atoms with E-state index in [1.165, 1.54) is 6.42 Å². The standard InChI is InChI=1S/C15H20N2OS2/c1-10(2)8-9-19-15-17-13(14(16)20-15)11-4-6-12(18-3)7-5-11/h4-7,10H,8-9,16H2,1-3H3. The van der Waals surface area contributed by atoms with Gasteiger partial charge in [-0.25, -0.2) is 4.98 Å². The van der Waals surface area contributed by atoms with Gasteiger partial charge in [0.1, 0.15) is 16.4 Å². The smallest absolute Gasteiger partial charge is 0.152 e. The number of nitrogen functional groups attached to an aromatic ring is 1. The molecule has 0 aliphatic heterocycles. The first-order chi connectivity index (χ1) is 9.60. The lowest BCUT2D eigenvalue weighted by Crippen LogP contribution is -1.89. The molecule has 108 valence electrons. The summed E-state index contributed by atoms with van der Waals surface area (Å²) in [5.74, 6) is 2.65. The Labute approximate surface area is 128 Å². The van der Waals surface area contributed by atoms with E-state index in [0.717, 1.165) is 38.0 Å². The molecule has 0 atom stereocenters. The number of hydrogen-bond donors (Lipinski definition) is 1. The zero-order chi connectivity index (χ0) is 14.5. The summed E-state index contributed by atoms with van der Waals surface area (Å²) in [7, 11) is 1.66. The summed E-state index contributed by atoms with van der Waals surface area (Å²) in [6, 6.07) is 7.85. The van der Waals surface area contributed by atoms with Gasteiger partial charge >= 0.3 is 0 Å². The van der Waals surface area contributed by atoms with Crippen LogP contribution in [0.5, 0.6) is 5.75 Å². The van der Waals surface area contributed by atoms with Gasteiger partial charge in [-0.2, -0.15) is 0 Å². The highest BCUT2D eigenvalue weighted by molar-refractivity contribution is 8.01. The molecule has 0 amide bonds. The monoisotopic (exact) mass is 308 g/mol. The van der Waals surface area contributed by atoms with Gasteiger partial charge in [-0.1, -0.05) is 36.9 Å². The van der Waals surface area contributed by atoms with Crippen molar-refractivity contribution in [2.45, 2.75) is 24.6 Å². The van der Waals surface area contributed by atoms with Crippen LogP contribution >= 0.6 is 23.1 Å². The zero-order valence-electron chi connectivity index (χ0n) is 12.1. The van der Waals surface area contributed by atoms with Crippen LogP contribution in [0.2, 0.25) is 0 Å². The minimum atomic E-state index is 0.723. The average Bonchev–Trinajstić information content (AvgIpc) is 2.79. The Morgan fingerprint density at radius 1 is 1.30 bits per heavy atom. The van der Waals surface area contributed by atoms with Crippen LogP contribution in [-0.4, -0.2) is 17.8 Å². The van der Waals surface area contributed by atoms with E-state index in [9.17, 15) is 0 Å². The number of nitrogens with two attached hydrogens (primary N) is 1. The van der Waals surface area contributed by atoms with Gasteiger partial charge in [0.15, 0.2) is 4.34 Å². The van der Waals surface area contributed by atoms with Gasteiger partial charge in [-0.15, -0.1) is 0 Å². The van der Waals surface area contributed by atoms with Gasteiger partial charge in [0.2, 0.25) is 0 Å². The maximum atomic E-state index is 6.09. The maximum Gasteiger partial charge on any atom is 0.152 e. The minimum absolute atomic E-state index is 0.723. The Morgan fingerprint density at radius 2 is 2.00 bits per heavy atom. The third-order valence-electron chi connectivity index (χ3n) is 2.92. The number of aromatic nitrogens is 1. The summed E-state index contributed by atoms with van der Waals surface area (Å²) < 4.78 is 6.21. The van der Waals surface area contributed by atoms with E-state index in [4.69, 9.17) is 10.5 Å². The Balaban J connectivity index is 2.09. The zero-order valence-corrected chi connectivity index (χ0v) is 13.7. The topological polar surface area (TPSA) is 48.1 Å². The second-order valence-corrected chi connectivity index (χ2v) is 7.32.